The Morgan fingerprint density at radius 1 is 1.00 bits per heavy atom. The average molecular weight is 182 g/mol. The number of hydrogen-bond acceptors (Lipinski definition) is 2. The van der Waals surface area contributed by atoms with Crippen LogP contribution in [0.1, 0.15) is 27.7 Å². The predicted octanol–water partition coefficient (Wildman–Crippen LogP) is 3.38. The predicted molar refractivity (Wildman–Crippen MR) is 55.0 cm³/mol. The quantitative estimate of drug-likeness (QED) is 0.651. The molecule has 0 aliphatic carbocycles. The summed E-state index contributed by atoms with van der Waals surface area (Å²) in [6.07, 6.45) is 0. The van der Waals surface area contributed by atoms with Crippen LogP contribution in [0.4, 0.5) is 0 Å². The van der Waals surface area contributed by atoms with E-state index in [1.165, 1.54) is 0 Å². The molecule has 74 valence electrons. The summed E-state index contributed by atoms with van der Waals surface area (Å²) >= 11 is 0. The maximum atomic E-state index is 5.19. The van der Waals surface area contributed by atoms with Crippen molar-refractivity contribution in [3.8, 4) is 0 Å². The van der Waals surface area contributed by atoms with Crippen molar-refractivity contribution in [3.05, 3.63) is 35.8 Å². The fourth-order valence-electron chi connectivity index (χ4n) is 0.912. The van der Waals surface area contributed by atoms with Gasteiger partial charge in [-0.25, -0.2) is 0 Å². The lowest BCUT2D eigenvalue weighted by Gasteiger charge is -2.00. The Morgan fingerprint density at radius 3 is 1.54 bits per heavy atom. The molecule has 2 nitrogen and oxygen atoms in total. The second-order valence-electron chi connectivity index (χ2n) is 2.63. The number of ether oxygens (including phenoxy) is 2. The Labute approximate surface area is 80.5 Å². The molecule has 13 heavy (non-hydrogen) atoms. The zero-order valence-corrected chi connectivity index (χ0v) is 8.94. The maximum absolute atomic E-state index is 5.19. The third-order valence-electron chi connectivity index (χ3n) is 1.39. The lowest BCUT2D eigenvalue weighted by Crippen LogP contribution is -1.88. The summed E-state index contributed by atoms with van der Waals surface area (Å²) in [6, 6.07) is 0. The molecule has 0 N–H and O–H groups in total. The monoisotopic (exact) mass is 182 g/mol. The second kappa shape index (κ2) is 5.46. The van der Waals surface area contributed by atoms with Crippen LogP contribution < -0.4 is 0 Å². The lowest BCUT2D eigenvalue weighted by molar-refractivity contribution is 0.0756. The standard InChI is InChI=1S/C9H12O2.C2H6/c1-6(2)8-9(7(3)4)11-5-10-8;1-2/h1,3,5H2,2,4H3;1-2H3. The Kier molecular flexibility index (Phi) is 4.97. The van der Waals surface area contributed by atoms with E-state index in [4.69, 9.17) is 9.47 Å². The molecule has 0 aromatic carbocycles. The van der Waals surface area contributed by atoms with E-state index in [1.54, 1.807) is 0 Å². The molecule has 1 aliphatic rings. The summed E-state index contributed by atoms with van der Waals surface area (Å²) in [5.41, 5.74) is 1.75. The topological polar surface area (TPSA) is 18.5 Å². The Balaban J connectivity index is 0.000000671. The molecule has 1 heterocycles. The number of hydrogen-bond donors (Lipinski definition) is 0. The van der Waals surface area contributed by atoms with Crippen LogP contribution in [0.25, 0.3) is 0 Å². The molecule has 0 saturated carbocycles. The normalized spacial score (nSPS) is 13.8. The van der Waals surface area contributed by atoms with Gasteiger partial charge >= 0.3 is 0 Å². The molecule has 0 bridgehead atoms. The van der Waals surface area contributed by atoms with Crippen molar-refractivity contribution in [2.75, 3.05) is 6.79 Å². The van der Waals surface area contributed by atoms with Gasteiger partial charge in [-0.15, -0.1) is 0 Å². The van der Waals surface area contributed by atoms with Crippen molar-refractivity contribution in [2.24, 2.45) is 0 Å². The molecule has 0 aromatic rings. The van der Waals surface area contributed by atoms with Gasteiger partial charge in [0.2, 0.25) is 6.79 Å². The van der Waals surface area contributed by atoms with Gasteiger partial charge in [0.1, 0.15) is 0 Å². The zero-order chi connectivity index (χ0) is 10.4. The zero-order valence-electron chi connectivity index (χ0n) is 8.94. The summed E-state index contributed by atoms with van der Waals surface area (Å²) in [6.45, 7) is 15.6. The van der Waals surface area contributed by atoms with E-state index in [1.807, 2.05) is 27.7 Å². The molecule has 1 aliphatic heterocycles. The fourth-order valence-corrected chi connectivity index (χ4v) is 0.912. The number of rotatable bonds is 2. The Morgan fingerprint density at radius 2 is 1.31 bits per heavy atom. The van der Waals surface area contributed by atoms with Gasteiger partial charge in [0, 0.05) is 0 Å². The van der Waals surface area contributed by atoms with Gasteiger partial charge in [0.15, 0.2) is 11.5 Å². The first-order chi connectivity index (χ1) is 6.13. The fraction of sp³-hybridized carbons (Fsp3) is 0.455. The van der Waals surface area contributed by atoms with Crippen LogP contribution in [0.2, 0.25) is 0 Å². The highest BCUT2D eigenvalue weighted by molar-refractivity contribution is 5.34. The molecule has 0 aromatic heterocycles. The molecule has 0 radical (unpaired) electrons. The van der Waals surface area contributed by atoms with E-state index >= 15 is 0 Å². The Hall–Kier alpha value is -1.18. The van der Waals surface area contributed by atoms with E-state index in [-0.39, 0.29) is 6.79 Å². The lowest BCUT2D eigenvalue weighted by atomic mass is 10.2. The van der Waals surface area contributed by atoms with Crippen LogP contribution in [0.15, 0.2) is 35.8 Å². The third kappa shape index (κ3) is 2.98. The van der Waals surface area contributed by atoms with Crippen LogP contribution in [-0.4, -0.2) is 6.79 Å². The number of allylic oxidation sites excluding steroid dienone is 2. The second-order valence-corrected chi connectivity index (χ2v) is 2.63. The molecule has 2 heteroatoms. The first-order valence-electron chi connectivity index (χ1n) is 4.44. The van der Waals surface area contributed by atoms with Crippen molar-refractivity contribution in [3.63, 3.8) is 0 Å². The molecule has 0 unspecified atom stereocenters. The third-order valence-corrected chi connectivity index (χ3v) is 1.39. The average Bonchev–Trinajstić information content (AvgIpc) is 2.55. The summed E-state index contributed by atoms with van der Waals surface area (Å²) in [5, 5.41) is 0. The van der Waals surface area contributed by atoms with Gasteiger partial charge in [-0.3, -0.25) is 0 Å². The minimum Gasteiger partial charge on any atom is -0.453 e. The maximum Gasteiger partial charge on any atom is 0.231 e. The highest BCUT2D eigenvalue weighted by Gasteiger charge is 2.17. The van der Waals surface area contributed by atoms with Gasteiger partial charge in [-0.2, -0.15) is 0 Å². The van der Waals surface area contributed by atoms with Crippen LogP contribution >= 0.6 is 0 Å². The van der Waals surface area contributed by atoms with Gasteiger partial charge in [-0.05, 0) is 25.0 Å². The van der Waals surface area contributed by atoms with Crippen LogP contribution in [0.3, 0.4) is 0 Å². The van der Waals surface area contributed by atoms with E-state index in [0.29, 0.717) is 0 Å². The SMILES string of the molecule is C=C(C)C1=C(C(=C)C)OCO1.CC. The van der Waals surface area contributed by atoms with Crippen molar-refractivity contribution in [2.45, 2.75) is 27.7 Å². The van der Waals surface area contributed by atoms with Gasteiger partial charge < -0.3 is 9.47 Å². The largest absolute Gasteiger partial charge is 0.453 e. The minimum atomic E-state index is 0.282. The Bertz CT molecular complexity index is 212. The van der Waals surface area contributed by atoms with Gasteiger partial charge in [0.05, 0.1) is 0 Å². The van der Waals surface area contributed by atoms with E-state index < -0.39 is 0 Å². The first-order valence-corrected chi connectivity index (χ1v) is 4.44. The van der Waals surface area contributed by atoms with Crippen molar-refractivity contribution >= 4 is 0 Å². The first kappa shape index (κ1) is 11.8. The summed E-state index contributed by atoms with van der Waals surface area (Å²) < 4.78 is 10.4. The van der Waals surface area contributed by atoms with E-state index in [0.717, 1.165) is 22.7 Å². The minimum absolute atomic E-state index is 0.282. The van der Waals surface area contributed by atoms with Crippen LogP contribution in [0.5, 0.6) is 0 Å². The van der Waals surface area contributed by atoms with Crippen LogP contribution in [0, 0.1) is 0 Å². The van der Waals surface area contributed by atoms with Gasteiger partial charge in [-0.1, -0.05) is 27.0 Å². The summed E-state index contributed by atoms with van der Waals surface area (Å²) in [7, 11) is 0. The smallest absolute Gasteiger partial charge is 0.231 e. The highest BCUT2D eigenvalue weighted by Crippen LogP contribution is 2.26. The molecular weight excluding hydrogens is 164 g/mol. The van der Waals surface area contributed by atoms with Crippen molar-refractivity contribution < 1.29 is 9.47 Å². The van der Waals surface area contributed by atoms with E-state index in [2.05, 4.69) is 13.2 Å². The highest BCUT2D eigenvalue weighted by atomic mass is 16.7. The summed E-state index contributed by atoms with van der Waals surface area (Å²) in [4.78, 5) is 0. The molecule has 1 rings (SSSR count). The molecule has 0 spiro atoms. The molecule has 0 saturated heterocycles. The molecule has 0 fully saturated rings. The van der Waals surface area contributed by atoms with Crippen LogP contribution in [-0.2, 0) is 9.47 Å². The van der Waals surface area contributed by atoms with E-state index in [9.17, 15) is 0 Å². The molecule has 0 amide bonds. The molecule has 0 atom stereocenters. The summed E-state index contributed by atoms with van der Waals surface area (Å²) in [5.74, 6) is 1.47. The van der Waals surface area contributed by atoms with Gasteiger partial charge in [0.25, 0.3) is 0 Å². The van der Waals surface area contributed by atoms with Crippen molar-refractivity contribution in [1.29, 1.82) is 0 Å². The molecular formula is C11H18O2. The van der Waals surface area contributed by atoms with Crippen molar-refractivity contribution in [1.82, 2.24) is 0 Å².